The fourth-order valence-electron chi connectivity index (χ4n) is 2.98. The van der Waals surface area contributed by atoms with Crippen molar-refractivity contribution in [3.8, 4) is 5.75 Å². The minimum Gasteiger partial charge on any atom is -0.497 e. The molecule has 7 nitrogen and oxygen atoms in total. The molecule has 2 aromatic carbocycles. The van der Waals surface area contributed by atoms with Crippen LogP contribution in [0.2, 0.25) is 0 Å². The van der Waals surface area contributed by atoms with Gasteiger partial charge < -0.3 is 15.0 Å². The van der Waals surface area contributed by atoms with Crippen molar-refractivity contribution in [3.05, 3.63) is 54.3 Å². The molecule has 144 valence electrons. The summed E-state index contributed by atoms with van der Waals surface area (Å²) in [7, 11) is 1.58. The van der Waals surface area contributed by atoms with Crippen LogP contribution >= 0.6 is 11.8 Å². The highest BCUT2D eigenvalue weighted by atomic mass is 32.2. The fraction of sp³-hybridized carbons (Fsp3) is 0.211. The zero-order valence-electron chi connectivity index (χ0n) is 15.1. The van der Waals surface area contributed by atoms with Crippen LogP contribution in [-0.2, 0) is 11.3 Å². The highest BCUT2D eigenvalue weighted by Gasteiger charge is 2.26. The van der Waals surface area contributed by atoms with Crippen molar-refractivity contribution >= 4 is 35.0 Å². The molecular weight excluding hydrogens is 381 g/mol. The number of thioether (sulfide) groups is 1. The molecule has 28 heavy (non-hydrogen) atoms. The van der Waals surface area contributed by atoms with Crippen LogP contribution in [0, 0.1) is 5.82 Å². The molecule has 1 amide bonds. The Morgan fingerprint density at radius 2 is 2.04 bits per heavy atom. The molecule has 1 aliphatic rings. The molecule has 3 aromatic rings. The van der Waals surface area contributed by atoms with E-state index in [1.807, 2.05) is 21.6 Å². The zero-order chi connectivity index (χ0) is 19.5. The average Bonchev–Trinajstić information content (AvgIpc) is 3.30. The lowest BCUT2D eigenvalue weighted by Crippen LogP contribution is -2.14. The van der Waals surface area contributed by atoms with Crippen LogP contribution in [0.25, 0.3) is 0 Å². The first-order valence-corrected chi connectivity index (χ1v) is 9.65. The van der Waals surface area contributed by atoms with Gasteiger partial charge in [-0.05, 0) is 36.4 Å². The summed E-state index contributed by atoms with van der Waals surface area (Å²) in [6.07, 6.45) is 0. The summed E-state index contributed by atoms with van der Waals surface area (Å²) in [6, 6.07) is 13.5. The zero-order valence-corrected chi connectivity index (χ0v) is 15.9. The second kappa shape index (κ2) is 7.89. The number of ether oxygens (including phenoxy) is 1. The topological polar surface area (TPSA) is 72.3 Å². The van der Waals surface area contributed by atoms with E-state index in [1.54, 1.807) is 31.4 Å². The number of carbonyl (C=O) groups excluding carboxylic acids is 1. The Kier molecular flexibility index (Phi) is 5.16. The van der Waals surface area contributed by atoms with Crippen molar-refractivity contribution in [3.63, 3.8) is 0 Å². The van der Waals surface area contributed by atoms with Crippen molar-refractivity contribution in [2.24, 2.45) is 0 Å². The van der Waals surface area contributed by atoms with Crippen LogP contribution in [0.5, 0.6) is 5.75 Å². The number of hydrogen-bond acceptors (Lipinski definition) is 6. The Hall–Kier alpha value is -3.07. The summed E-state index contributed by atoms with van der Waals surface area (Å²) in [5.74, 6) is 1.18. The first kappa shape index (κ1) is 18.3. The van der Waals surface area contributed by atoms with Gasteiger partial charge in [-0.15, -0.1) is 10.2 Å². The summed E-state index contributed by atoms with van der Waals surface area (Å²) in [5, 5.41) is 12.0. The number of benzene rings is 2. The normalized spacial score (nSPS) is 12.7. The number of methoxy groups -OCH3 is 1. The molecule has 2 heterocycles. The molecule has 0 saturated carbocycles. The van der Waals surface area contributed by atoms with E-state index in [1.165, 1.54) is 23.9 Å². The van der Waals surface area contributed by atoms with Crippen LogP contribution < -0.4 is 15.0 Å². The van der Waals surface area contributed by atoms with Gasteiger partial charge in [-0.25, -0.2) is 4.39 Å². The largest absolute Gasteiger partial charge is 0.497 e. The van der Waals surface area contributed by atoms with E-state index in [2.05, 4.69) is 15.5 Å². The van der Waals surface area contributed by atoms with Gasteiger partial charge in [-0.3, -0.25) is 9.36 Å². The molecule has 1 aliphatic heterocycles. The molecule has 9 heteroatoms. The highest BCUT2D eigenvalue weighted by molar-refractivity contribution is 7.99. The summed E-state index contributed by atoms with van der Waals surface area (Å²) in [4.78, 5) is 14.2. The van der Waals surface area contributed by atoms with E-state index in [0.717, 1.165) is 12.2 Å². The fourth-order valence-corrected chi connectivity index (χ4v) is 3.74. The van der Waals surface area contributed by atoms with E-state index < -0.39 is 0 Å². The number of nitrogens with zero attached hydrogens (tertiary/aromatic N) is 4. The maximum Gasteiger partial charge on any atom is 0.234 e. The lowest BCUT2D eigenvalue weighted by molar-refractivity contribution is -0.113. The number of anilines is 3. The number of carbonyl (C=O) groups is 1. The molecule has 0 bridgehead atoms. The molecule has 0 aliphatic carbocycles. The Morgan fingerprint density at radius 3 is 2.82 bits per heavy atom. The third kappa shape index (κ3) is 3.79. The predicted octanol–water partition coefficient (Wildman–Crippen LogP) is 3.31. The summed E-state index contributed by atoms with van der Waals surface area (Å²) in [5.41, 5.74) is 1.54. The van der Waals surface area contributed by atoms with Gasteiger partial charge in [0, 0.05) is 30.5 Å². The Bertz CT molecular complexity index is 992. The van der Waals surface area contributed by atoms with Crippen molar-refractivity contribution in [1.82, 2.24) is 14.8 Å². The van der Waals surface area contributed by atoms with E-state index in [-0.39, 0.29) is 17.5 Å². The average molecular weight is 399 g/mol. The van der Waals surface area contributed by atoms with E-state index >= 15 is 0 Å². The van der Waals surface area contributed by atoms with Gasteiger partial charge in [0.2, 0.25) is 11.9 Å². The van der Waals surface area contributed by atoms with Crippen LogP contribution in [0.4, 0.5) is 21.7 Å². The van der Waals surface area contributed by atoms with Gasteiger partial charge in [0.05, 0.1) is 12.9 Å². The Labute approximate surface area is 165 Å². The number of amides is 1. The van der Waals surface area contributed by atoms with Crippen LogP contribution in [0.15, 0.2) is 53.7 Å². The van der Waals surface area contributed by atoms with Gasteiger partial charge in [-0.1, -0.05) is 17.8 Å². The number of nitrogens with one attached hydrogen (secondary N) is 1. The van der Waals surface area contributed by atoms with Crippen molar-refractivity contribution in [2.45, 2.75) is 11.7 Å². The molecular formula is C19H18FN5O2S. The van der Waals surface area contributed by atoms with Crippen molar-refractivity contribution in [2.75, 3.05) is 29.6 Å². The number of fused-ring (bicyclic) bond motifs is 1. The van der Waals surface area contributed by atoms with Crippen LogP contribution in [0.3, 0.4) is 0 Å². The smallest absolute Gasteiger partial charge is 0.234 e. The third-order valence-corrected chi connectivity index (χ3v) is 5.28. The lowest BCUT2D eigenvalue weighted by Gasteiger charge is -2.14. The first-order chi connectivity index (χ1) is 13.6. The SMILES string of the molecule is COc1cccc(NC(=O)CSc2nnc3n2CCN3c2ccc(F)cc2)c1. The van der Waals surface area contributed by atoms with Gasteiger partial charge in [0.1, 0.15) is 11.6 Å². The molecule has 0 spiro atoms. The third-order valence-electron chi connectivity index (χ3n) is 4.31. The predicted molar refractivity (Wildman–Crippen MR) is 106 cm³/mol. The molecule has 0 fully saturated rings. The van der Waals surface area contributed by atoms with E-state index in [4.69, 9.17) is 4.74 Å². The number of hydrogen-bond donors (Lipinski definition) is 1. The molecule has 4 rings (SSSR count). The number of rotatable bonds is 6. The van der Waals surface area contributed by atoms with Gasteiger partial charge in [0.15, 0.2) is 5.16 Å². The van der Waals surface area contributed by atoms with Crippen molar-refractivity contribution < 1.29 is 13.9 Å². The van der Waals surface area contributed by atoms with Gasteiger partial charge in [-0.2, -0.15) is 0 Å². The second-order valence-corrected chi connectivity index (χ2v) is 7.07. The monoisotopic (exact) mass is 399 g/mol. The van der Waals surface area contributed by atoms with Crippen LogP contribution in [0.1, 0.15) is 0 Å². The number of halogens is 1. The molecule has 1 aromatic heterocycles. The molecule has 0 radical (unpaired) electrons. The molecule has 0 saturated heterocycles. The Morgan fingerprint density at radius 1 is 1.21 bits per heavy atom. The van der Waals surface area contributed by atoms with E-state index in [9.17, 15) is 9.18 Å². The van der Waals surface area contributed by atoms with E-state index in [0.29, 0.717) is 29.1 Å². The van der Waals surface area contributed by atoms with Crippen LogP contribution in [-0.4, -0.2) is 40.1 Å². The molecule has 0 unspecified atom stereocenters. The minimum absolute atomic E-state index is 0.135. The highest BCUT2D eigenvalue weighted by Crippen LogP contribution is 2.32. The summed E-state index contributed by atoms with van der Waals surface area (Å²) < 4.78 is 20.3. The summed E-state index contributed by atoms with van der Waals surface area (Å²) in [6.45, 7) is 1.43. The van der Waals surface area contributed by atoms with Gasteiger partial charge >= 0.3 is 0 Å². The lowest BCUT2D eigenvalue weighted by atomic mass is 10.3. The maximum atomic E-state index is 13.1. The second-order valence-electron chi connectivity index (χ2n) is 6.13. The minimum atomic E-state index is -0.275. The van der Waals surface area contributed by atoms with Gasteiger partial charge in [0.25, 0.3) is 0 Å². The standard InChI is InChI=1S/C19H18FN5O2S/c1-27-16-4-2-3-14(11-16)21-17(26)12-28-19-23-22-18-24(9-10-25(18)19)15-7-5-13(20)6-8-15/h2-8,11H,9-10,12H2,1H3,(H,21,26). The Balaban J connectivity index is 1.39. The molecule has 1 N–H and O–H groups in total. The maximum absolute atomic E-state index is 13.1. The first-order valence-electron chi connectivity index (χ1n) is 8.67. The summed E-state index contributed by atoms with van der Waals surface area (Å²) >= 11 is 1.33. The quantitative estimate of drug-likeness (QED) is 0.641. The van der Waals surface area contributed by atoms with Crippen molar-refractivity contribution in [1.29, 1.82) is 0 Å². The number of aromatic nitrogens is 3. The molecule has 0 atom stereocenters.